The largest absolute Gasteiger partial charge is 0.394 e. The van der Waals surface area contributed by atoms with Crippen LogP contribution in [-0.2, 0) is 14.6 Å². The van der Waals surface area contributed by atoms with Crippen LogP contribution in [0.4, 0.5) is 0 Å². The molecule has 4 heterocycles. The van der Waals surface area contributed by atoms with Gasteiger partial charge in [-0.3, -0.25) is 0 Å². The van der Waals surface area contributed by atoms with Gasteiger partial charge < -0.3 is 29.6 Å². The van der Waals surface area contributed by atoms with E-state index in [-0.39, 0.29) is 33.2 Å². The Labute approximate surface area is 161 Å². The zero-order chi connectivity index (χ0) is 21.3. The van der Waals surface area contributed by atoms with E-state index in [9.17, 15) is 23.7 Å². The van der Waals surface area contributed by atoms with Gasteiger partial charge in [0.15, 0.2) is 16.1 Å². The maximum absolute atomic E-state index is 12.4. The molecule has 4 rings (SSSR count). The average molecular weight is 410 g/mol. The predicted molar refractivity (Wildman–Crippen MR) is 99.7 cm³/mol. The number of nitrogens with zero attached hydrogens (tertiary/aromatic N) is 3. The first-order chi connectivity index (χ1) is 13.4. The lowest BCUT2D eigenvalue weighted by molar-refractivity contribution is -0.0947. The number of aromatic nitrogens is 4. The van der Waals surface area contributed by atoms with E-state index < -0.39 is 40.5 Å². The third-order valence-corrected chi connectivity index (χ3v) is 6.13. The van der Waals surface area contributed by atoms with Crippen LogP contribution >= 0.6 is 0 Å². The molecule has 0 radical (unpaired) electrons. The molecular weight excluding hydrogens is 388 g/mol. The Morgan fingerprint density at radius 3 is 2.82 bits per heavy atom. The highest BCUT2D eigenvalue weighted by atomic mass is 32.2. The number of aliphatic hydroxyl groups excluding tert-OH is 2. The fourth-order valence-electron chi connectivity index (χ4n) is 3.62. The van der Waals surface area contributed by atoms with E-state index in [1.165, 1.54) is 23.8 Å². The van der Waals surface area contributed by atoms with Crippen LogP contribution in [-0.4, -0.2) is 73.9 Å². The highest BCUT2D eigenvalue weighted by Crippen LogP contribution is 2.41. The third-order valence-electron chi connectivity index (χ3n) is 5.00. The number of aromatic amines is 1. The second kappa shape index (κ2) is 6.09. The van der Waals surface area contributed by atoms with Crippen LogP contribution in [0.5, 0.6) is 0 Å². The van der Waals surface area contributed by atoms with E-state index in [1.807, 2.05) is 0 Å². The van der Waals surface area contributed by atoms with Gasteiger partial charge in [-0.25, -0.2) is 18.4 Å². The molecule has 0 bridgehead atoms. The highest BCUT2D eigenvalue weighted by molar-refractivity contribution is 7.91. The SMILES string of the molecule is [3H]c1nc2[nH]c(=C)cc(S(C)(=O)=O)c3cn([C@@H]4O[C@H](CO)[C@@H](O)[C@]4(C)O)c(n1)c23. The summed E-state index contributed by atoms with van der Waals surface area (Å²) >= 11 is 0. The van der Waals surface area contributed by atoms with Crippen molar-refractivity contribution in [2.24, 2.45) is 0 Å². The van der Waals surface area contributed by atoms with Gasteiger partial charge in [0.2, 0.25) is 0 Å². The van der Waals surface area contributed by atoms with E-state index in [4.69, 9.17) is 6.11 Å². The molecule has 0 aliphatic carbocycles. The van der Waals surface area contributed by atoms with Crippen molar-refractivity contribution in [1.29, 1.82) is 0 Å². The lowest BCUT2D eigenvalue weighted by Crippen LogP contribution is -2.44. The minimum absolute atomic E-state index is 0.0456. The fraction of sp³-hybridized carbons (Fsp3) is 0.412. The van der Waals surface area contributed by atoms with Gasteiger partial charge in [0.05, 0.1) is 16.9 Å². The first kappa shape index (κ1) is 17.8. The second-order valence-corrected chi connectivity index (χ2v) is 9.12. The van der Waals surface area contributed by atoms with Gasteiger partial charge in [-0.1, -0.05) is 6.58 Å². The molecule has 0 saturated carbocycles. The van der Waals surface area contributed by atoms with E-state index >= 15 is 0 Å². The van der Waals surface area contributed by atoms with Crippen LogP contribution in [0.2, 0.25) is 0 Å². The summed E-state index contributed by atoms with van der Waals surface area (Å²) in [5, 5.41) is 31.4. The van der Waals surface area contributed by atoms with Crippen LogP contribution < -0.4 is 5.35 Å². The first-order valence-electron chi connectivity index (χ1n) is 8.89. The van der Waals surface area contributed by atoms with Crippen LogP contribution in [0.1, 0.15) is 14.5 Å². The molecule has 28 heavy (non-hydrogen) atoms. The second-order valence-electron chi connectivity index (χ2n) is 7.13. The van der Waals surface area contributed by atoms with Gasteiger partial charge in [0.25, 0.3) is 0 Å². The van der Waals surface area contributed by atoms with Crippen LogP contribution in [0.3, 0.4) is 0 Å². The predicted octanol–water partition coefficient (Wildman–Crippen LogP) is -0.991. The standard InChI is InChI=1S/C17H20N4O6S/c1-8-4-11(28(3,25)26)9-5-21(15-12(9)14(20-8)18-7-19-15)16-17(2,24)13(23)10(6-22)27-16/h4-5,7,10,13,16,22-24H,1,6H2,2-3H3,(H,18,19,20)/t10-,13-,16-,17+/m1/s1/i7T. The number of hydrogen-bond donors (Lipinski definition) is 4. The summed E-state index contributed by atoms with van der Waals surface area (Å²) in [6.07, 6.45) is -1.53. The van der Waals surface area contributed by atoms with Gasteiger partial charge in [0.1, 0.15) is 36.8 Å². The van der Waals surface area contributed by atoms with E-state index in [1.54, 1.807) is 0 Å². The topological polar surface area (TPSA) is 151 Å². The van der Waals surface area contributed by atoms with Gasteiger partial charge in [0, 0.05) is 23.2 Å². The average Bonchev–Trinajstić information content (AvgIpc) is 3.01. The number of nitrogens with one attached hydrogen (secondary N) is 1. The van der Waals surface area contributed by atoms with E-state index in [0.717, 1.165) is 6.26 Å². The summed E-state index contributed by atoms with van der Waals surface area (Å²) in [5.41, 5.74) is -1.51. The smallest absolute Gasteiger partial charge is 0.176 e. The molecular formula is C17H20N4O6S. The number of aliphatic hydroxyl groups is 3. The molecule has 1 saturated heterocycles. The molecule has 3 aromatic heterocycles. The summed E-state index contributed by atoms with van der Waals surface area (Å²) < 4.78 is 39.8. The molecule has 0 aromatic carbocycles. The normalized spacial score (nSPS) is 28.9. The summed E-state index contributed by atoms with van der Waals surface area (Å²) in [7, 11) is -3.69. The number of sulfone groups is 1. The molecule has 0 unspecified atom stereocenters. The van der Waals surface area contributed by atoms with Gasteiger partial charge in [-0.15, -0.1) is 0 Å². The Kier molecular flexibility index (Phi) is 3.87. The monoisotopic (exact) mass is 410 g/mol. The van der Waals surface area contributed by atoms with Gasteiger partial charge in [-0.05, 0) is 13.0 Å². The Bertz CT molecular complexity index is 1300. The lowest BCUT2D eigenvalue weighted by Gasteiger charge is -2.27. The van der Waals surface area contributed by atoms with Crippen molar-refractivity contribution in [2.45, 2.75) is 35.9 Å². The molecule has 1 aliphatic rings. The maximum Gasteiger partial charge on any atom is 0.176 e. The van der Waals surface area contributed by atoms with Crippen molar-refractivity contribution >= 4 is 38.5 Å². The van der Waals surface area contributed by atoms with Crippen LogP contribution in [0.25, 0.3) is 28.6 Å². The molecule has 150 valence electrons. The minimum Gasteiger partial charge on any atom is -0.394 e. The fourth-order valence-corrected chi connectivity index (χ4v) is 4.53. The van der Waals surface area contributed by atoms with Crippen molar-refractivity contribution in [1.82, 2.24) is 19.5 Å². The summed E-state index contributed by atoms with van der Waals surface area (Å²) in [6, 6.07) is 1.35. The number of ether oxygens (including phenoxy) is 1. The Hall–Kier alpha value is -2.31. The Morgan fingerprint density at radius 1 is 1.50 bits per heavy atom. The van der Waals surface area contributed by atoms with Gasteiger partial charge in [-0.2, -0.15) is 0 Å². The van der Waals surface area contributed by atoms with Crippen LogP contribution in [0, 0.1) is 0 Å². The zero-order valence-electron chi connectivity index (χ0n) is 16.1. The van der Waals surface area contributed by atoms with Crippen molar-refractivity contribution in [3.63, 3.8) is 0 Å². The number of hydrogen-bond acceptors (Lipinski definition) is 8. The quantitative estimate of drug-likeness (QED) is 0.430. The summed E-state index contributed by atoms with van der Waals surface area (Å²) in [4.78, 5) is 11.0. The molecule has 1 aliphatic heterocycles. The molecule has 1 fully saturated rings. The summed E-state index contributed by atoms with van der Waals surface area (Å²) in [6.45, 7) is 4.58. The van der Waals surface area contributed by atoms with Crippen molar-refractivity contribution in [3.05, 3.63) is 23.9 Å². The number of H-pyrrole nitrogens is 1. The molecule has 0 amide bonds. The van der Waals surface area contributed by atoms with Crippen molar-refractivity contribution in [3.8, 4) is 0 Å². The Morgan fingerprint density at radius 2 is 2.21 bits per heavy atom. The summed E-state index contributed by atoms with van der Waals surface area (Å²) in [5.74, 6) is 0. The zero-order valence-corrected chi connectivity index (χ0v) is 15.9. The van der Waals surface area contributed by atoms with Gasteiger partial charge >= 0.3 is 0 Å². The van der Waals surface area contributed by atoms with Crippen molar-refractivity contribution in [2.75, 3.05) is 12.9 Å². The third kappa shape index (κ3) is 2.66. The highest BCUT2D eigenvalue weighted by Gasteiger charge is 2.53. The first-order valence-corrected chi connectivity index (χ1v) is 10.3. The number of rotatable bonds is 3. The molecule has 11 heteroatoms. The maximum atomic E-state index is 12.4. The van der Waals surface area contributed by atoms with Crippen LogP contribution in [0.15, 0.2) is 23.5 Å². The minimum atomic E-state index is -3.69. The van der Waals surface area contributed by atoms with Crippen molar-refractivity contribution < 1.29 is 29.8 Å². The molecule has 3 aromatic rings. The molecule has 0 spiro atoms. The van der Waals surface area contributed by atoms with E-state index in [0.29, 0.717) is 5.39 Å². The lowest BCUT2D eigenvalue weighted by atomic mass is 9.96. The Balaban J connectivity index is 2.14. The molecule has 4 N–H and O–H groups in total. The molecule has 10 nitrogen and oxygen atoms in total. The molecule has 4 atom stereocenters. The van der Waals surface area contributed by atoms with E-state index in [2.05, 4.69) is 21.5 Å².